The molecule has 3 heteroatoms. The second kappa shape index (κ2) is 6.18. The zero-order valence-electron chi connectivity index (χ0n) is 4.78. The molecule has 0 amide bonds. The molecule has 1 aromatic rings. The first-order valence-corrected chi connectivity index (χ1v) is 2.20. The predicted octanol–water partition coefficient (Wildman–Crippen LogP) is 0.507. The Morgan fingerprint density at radius 1 is 0.889 bits per heavy atom. The summed E-state index contributed by atoms with van der Waals surface area (Å²) in [5, 5.41) is 0. The largest absolute Gasteiger partial charge is 0.399 e. The molecule has 1 rings (SSSR count). The van der Waals surface area contributed by atoms with E-state index in [2.05, 4.69) is 0 Å². The van der Waals surface area contributed by atoms with E-state index in [1.54, 1.807) is 0 Å². The summed E-state index contributed by atoms with van der Waals surface area (Å²) >= 11 is 0. The topological polar surface area (TPSA) is 26.0 Å². The molecular weight excluding hydrogens is 244 g/mol. The first kappa shape index (κ1) is 11.8. The van der Waals surface area contributed by atoms with Gasteiger partial charge in [-0.05, 0) is 12.1 Å². The first-order valence-electron chi connectivity index (χ1n) is 2.20. The zero-order valence-corrected chi connectivity index (χ0v) is 8.21. The molecule has 0 aliphatic rings. The van der Waals surface area contributed by atoms with Crippen molar-refractivity contribution in [3.8, 4) is 0 Å². The zero-order chi connectivity index (χ0) is 5.11. The van der Waals surface area contributed by atoms with Crippen molar-refractivity contribution in [1.29, 1.82) is 0 Å². The molecular formula is C6H7NSe2. The average Bonchev–Trinajstić information content (AvgIpc) is 1.69. The number of hydrogen-bond donors (Lipinski definition) is 1. The molecule has 0 saturated heterocycles. The van der Waals surface area contributed by atoms with Gasteiger partial charge in [0.2, 0.25) is 0 Å². The SMILES string of the molecule is Nc1ccccc1.[Se].[Se]. The molecule has 0 aliphatic heterocycles. The van der Waals surface area contributed by atoms with Gasteiger partial charge in [0.05, 0.1) is 0 Å². The van der Waals surface area contributed by atoms with Crippen molar-refractivity contribution in [2.24, 2.45) is 0 Å². The normalized spacial score (nSPS) is 6.67. The van der Waals surface area contributed by atoms with E-state index in [1.807, 2.05) is 30.3 Å². The van der Waals surface area contributed by atoms with E-state index in [9.17, 15) is 0 Å². The van der Waals surface area contributed by atoms with Gasteiger partial charge in [0.1, 0.15) is 0 Å². The van der Waals surface area contributed by atoms with E-state index in [0.717, 1.165) is 5.69 Å². The van der Waals surface area contributed by atoms with Gasteiger partial charge in [0.25, 0.3) is 0 Å². The van der Waals surface area contributed by atoms with Crippen LogP contribution in [0.2, 0.25) is 0 Å². The monoisotopic (exact) mass is 253 g/mol. The van der Waals surface area contributed by atoms with Gasteiger partial charge in [0, 0.05) is 39.8 Å². The van der Waals surface area contributed by atoms with Gasteiger partial charge in [-0.25, -0.2) is 0 Å². The summed E-state index contributed by atoms with van der Waals surface area (Å²) < 4.78 is 0. The van der Waals surface area contributed by atoms with Crippen molar-refractivity contribution >= 4 is 39.8 Å². The number of hydrogen-bond acceptors (Lipinski definition) is 1. The summed E-state index contributed by atoms with van der Waals surface area (Å²) in [6, 6.07) is 9.49. The minimum Gasteiger partial charge on any atom is -0.399 e. The molecule has 0 bridgehead atoms. The van der Waals surface area contributed by atoms with Crippen molar-refractivity contribution < 1.29 is 0 Å². The Morgan fingerprint density at radius 3 is 1.56 bits per heavy atom. The van der Waals surface area contributed by atoms with Crippen LogP contribution in [0.15, 0.2) is 30.3 Å². The van der Waals surface area contributed by atoms with Gasteiger partial charge >= 0.3 is 0 Å². The Hall–Kier alpha value is 0.0590. The van der Waals surface area contributed by atoms with Crippen molar-refractivity contribution in [3.05, 3.63) is 30.3 Å². The van der Waals surface area contributed by atoms with E-state index < -0.39 is 0 Å². The summed E-state index contributed by atoms with van der Waals surface area (Å²) in [7, 11) is 0. The Balaban J connectivity index is 0. The van der Waals surface area contributed by atoms with Crippen LogP contribution in [0.5, 0.6) is 0 Å². The summed E-state index contributed by atoms with van der Waals surface area (Å²) in [6.07, 6.45) is 0. The van der Waals surface area contributed by atoms with Crippen LogP contribution in [-0.4, -0.2) is 34.1 Å². The molecule has 0 aliphatic carbocycles. The maximum Gasteiger partial charge on any atom is 0.0313 e. The minimum absolute atomic E-state index is 0. The van der Waals surface area contributed by atoms with E-state index in [1.165, 1.54) is 0 Å². The number of para-hydroxylation sites is 1. The summed E-state index contributed by atoms with van der Waals surface area (Å²) in [6.45, 7) is 0. The van der Waals surface area contributed by atoms with E-state index in [4.69, 9.17) is 5.73 Å². The van der Waals surface area contributed by atoms with Gasteiger partial charge in [-0.15, -0.1) is 0 Å². The van der Waals surface area contributed by atoms with E-state index in [0.29, 0.717) is 0 Å². The molecule has 1 nitrogen and oxygen atoms in total. The quantitative estimate of drug-likeness (QED) is 0.527. The van der Waals surface area contributed by atoms with E-state index in [-0.39, 0.29) is 34.1 Å². The molecule has 9 heavy (non-hydrogen) atoms. The number of rotatable bonds is 0. The van der Waals surface area contributed by atoms with E-state index >= 15 is 0 Å². The van der Waals surface area contributed by atoms with Gasteiger partial charge in [-0.2, -0.15) is 0 Å². The Morgan fingerprint density at radius 2 is 1.33 bits per heavy atom. The summed E-state index contributed by atoms with van der Waals surface area (Å²) in [4.78, 5) is 0. The maximum absolute atomic E-state index is 5.36. The third-order valence-electron chi connectivity index (χ3n) is 0.800. The van der Waals surface area contributed by atoms with Crippen molar-refractivity contribution in [2.75, 3.05) is 5.73 Å². The molecule has 0 unspecified atom stereocenters. The van der Waals surface area contributed by atoms with Crippen LogP contribution in [0.4, 0.5) is 5.69 Å². The Labute approximate surface area is 76.0 Å². The Kier molecular flexibility index (Phi) is 8.11. The predicted molar refractivity (Wildman–Crippen MR) is 42.4 cm³/mol. The van der Waals surface area contributed by atoms with Crippen LogP contribution >= 0.6 is 0 Å². The van der Waals surface area contributed by atoms with Crippen LogP contribution < -0.4 is 5.73 Å². The van der Waals surface area contributed by atoms with Crippen molar-refractivity contribution in [2.45, 2.75) is 0 Å². The molecule has 0 aromatic heterocycles. The van der Waals surface area contributed by atoms with Gasteiger partial charge in [0.15, 0.2) is 0 Å². The van der Waals surface area contributed by atoms with Crippen molar-refractivity contribution in [1.82, 2.24) is 0 Å². The number of nitrogens with two attached hydrogens (primary N) is 1. The third kappa shape index (κ3) is 4.56. The molecule has 0 spiro atoms. The Bertz CT molecular complexity index is 141. The molecule has 4 radical (unpaired) electrons. The first-order chi connectivity index (χ1) is 3.39. The van der Waals surface area contributed by atoms with Gasteiger partial charge < -0.3 is 5.73 Å². The standard InChI is InChI=1S/C6H7N.2Se/c7-6-4-2-1-3-5-6;;/h1-5H,7H2;;. The van der Waals surface area contributed by atoms with Gasteiger partial charge in [-0.1, -0.05) is 18.2 Å². The second-order valence-electron chi connectivity index (χ2n) is 1.41. The second-order valence-corrected chi connectivity index (χ2v) is 1.41. The summed E-state index contributed by atoms with van der Waals surface area (Å²) in [5.74, 6) is 0. The summed E-state index contributed by atoms with van der Waals surface area (Å²) in [5.41, 5.74) is 6.18. The van der Waals surface area contributed by atoms with Crippen LogP contribution in [0.3, 0.4) is 0 Å². The molecule has 0 fully saturated rings. The fourth-order valence-corrected chi connectivity index (χ4v) is 0.453. The smallest absolute Gasteiger partial charge is 0.0313 e. The van der Waals surface area contributed by atoms with Crippen LogP contribution in [0, 0.1) is 0 Å². The molecule has 0 heterocycles. The van der Waals surface area contributed by atoms with Crippen LogP contribution in [-0.2, 0) is 0 Å². The number of anilines is 1. The van der Waals surface area contributed by atoms with Crippen LogP contribution in [0.25, 0.3) is 0 Å². The molecule has 0 atom stereocenters. The molecule has 1 aromatic carbocycles. The van der Waals surface area contributed by atoms with Crippen molar-refractivity contribution in [3.63, 3.8) is 0 Å². The minimum atomic E-state index is 0. The molecule has 48 valence electrons. The van der Waals surface area contributed by atoms with Gasteiger partial charge in [-0.3, -0.25) is 0 Å². The molecule has 2 N–H and O–H groups in total. The third-order valence-corrected chi connectivity index (χ3v) is 0.800. The molecule has 0 saturated carbocycles. The van der Waals surface area contributed by atoms with Crippen LogP contribution in [0.1, 0.15) is 0 Å². The number of benzene rings is 1. The maximum atomic E-state index is 5.36. The fourth-order valence-electron chi connectivity index (χ4n) is 0.453. The fraction of sp³-hybridized carbons (Fsp3) is 0. The number of nitrogen functional groups attached to an aromatic ring is 1. The average molecular weight is 251 g/mol.